The van der Waals surface area contributed by atoms with Crippen molar-refractivity contribution in [1.29, 1.82) is 0 Å². The average Bonchev–Trinajstić information content (AvgIpc) is 3.18. The molecule has 1 saturated heterocycles. The van der Waals surface area contributed by atoms with E-state index in [0.717, 1.165) is 25.0 Å². The van der Waals surface area contributed by atoms with Gasteiger partial charge >= 0.3 is 5.97 Å². The summed E-state index contributed by atoms with van der Waals surface area (Å²) in [6.45, 7) is 1.04. The number of hydrogen-bond acceptors (Lipinski definition) is 5. The lowest BCUT2D eigenvalue weighted by Gasteiger charge is -2.35. The predicted molar refractivity (Wildman–Crippen MR) is 98.4 cm³/mol. The minimum absolute atomic E-state index is 0.00747. The van der Waals surface area contributed by atoms with E-state index in [0.29, 0.717) is 30.9 Å². The zero-order valence-corrected chi connectivity index (χ0v) is 15.3. The second-order valence-corrected chi connectivity index (χ2v) is 7.10. The van der Waals surface area contributed by atoms with Crippen LogP contribution in [0.5, 0.6) is 5.75 Å². The number of aliphatic carboxylic acids is 1. The molecule has 2 aromatic rings. The first-order valence-corrected chi connectivity index (χ1v) is 9.70. The second kappa shape index (κ2) is 8.80. The van der Waals surface area contributed by atoms with Crippen LogP contribution in [0.4, 0.5) is 0 Å². The van der Waals surface area contributed by atoms with Gasteiger partial charge in [-0.05, 0) is 43.9 Å². The predicted octanol–water partition coefficient (Wildman–Crippen LogP) is 3.58. The largest absolute Gasteiger partial charge is 0.487 e. The van der Waals surface area contributed by atoms with Crippen LogP contribution in [0.15, 0.2) is 35.2 Å². The summed E-state index contributed by atoms with van der Waals surface area (Å²) in [6, 6.07) is 7.14. The molecular formula is C19H22N2O4S. The highest BCUT2D eigenvalue weighted by molar-refractivity contribution is 7.07. The van der Waals surface area contributed by atoms with Crippen LogP contribution in [0.1, 0.15) is 48.2 Å². The maximum absolute atomic E-state index is 13.0. The van der Waals surface area contributed by atoms with Gasteiger partial charge in [-0.2, -0.15) is 0 Å². The summed E-state index contributed by atoms with van der Waals surface area (Å²) in [5.41, 5.74) is 3.19. The smallest absolute Gasteiger partial charge is 0.303 e. The van der Waals surface area contributed by atoms with Crippen LogP contribution >= 0.6 is 11.3 Å². The van der Waals surface area contributed by atoms with Gasteiger partial charge in [-0.1, -0.05) is 6.07 Å². The number of carboxylic acids is 1. The number of ether oxygens (including phenoxy) is 1. The summed E-state index contributed by atoms with van der Waals surface area (Å²) in [6.07, 6.45) is 3.44. The average molecular weight is 374 g/mol. The molecule has 0 aliphatic carbocycles. The summed E-state index contributed by atoms with van der Waals surface area (Å²) >= 11 is 1.51. The fraction of sp³-hybridized carbons (Fsp3) is 0.421. The Hall–Kier alpha value is -2.41. The molecule has 0 radical (unpaired) electrons. The highest BCUT2D eigenvalue weighted by Gasteiger charge is 2.27. The highest BCUT2D eigenvalue weighted by Crippen LogP contribution is 2.24. The Kier molecular flexibility index (Phi) is 6.22. The van der Waals surface area contributed by atoms with Gasteiger partial charge in [0.25, 0.3) is 5.91 Å². The molecule has 0 unspecified atom stereocenters. The van der Waals surface area contributed by atoms with E-state index in [1.165, 1.54) is 11.3 Å². The van der Waals surface area contributed by atoms with Crippen LogP contribution in [0, 0.1) is 0 Å². The van der Waals surface area contributed by atoms with Crippen molar-refractivity contribution in [3.8, 4) is 5.75 Å². The SMILES string of the molecule is O=C(O)CC[C@@H]1CCCCN1C(=O)c1cccc(OCc2cscn2)c1. The molecule has 1 amide bonds. The first-order valence-electron chi connectivity index (χ1n) is 8.76. The van der Waals surface area contributed by atoms with E-state index in [2.05, 4.69) is 4.98 Å². The molecule has 1 aromatic heterocycles. The Labute approximate surface area is 156 Å². The zero-order valence-electron chi connectivity index (χ0n) is 14.5. The van der Waals surface area contributed by atoms with Gasteiger partial charge in [-0.3, -0.25) is 9.59 Å². The lowest BCUT2D eigenvalue weighted by molar-refractivity contribution is -0.137. The molecule has 26 heavy (non-hydrogen) atoms. The Morgan fingerprint density at radius 2 is 2.23 bits per heavy atom. The minimum atomic E-state index is -0.819. The van der Waals surface area contributed by atoms with Crippen molar-refractivity contribution in [3.05, 3.63) is 46.4 Å². The Balaban J connectivity index is 1.67. The van der Waals surface area contributed by atoms with Crippen molar-refractivity contribution in [2.75, 3.05) is 6.54 Å². The maximum atomic E-state index is 13.0. The molecule has 1 fully saturated rings. The molecule has 1 aliphatic heterocycles. The lowest BCUT2D eigenvalue weighted by atomic mass is 9.97. The number of rotatable bonds is 7. The number of nitrogens with zero attached hydrogens (tertiary/aromatic N) is 2. The summed E-state index contributed by atoms with van der Waals surface area (Å²) in [5, 5.41) is 10.9. The van der Waals surface area contributed by atoms with Gasteiger partial charge in [-0.15, -0.1) is 11.3 Å². The molecule has 0 bridgehead atoms. The van der Waals surface area contributed by atoms with Crippen molar-refractivity contribution in [2.24, 2.45) is 0 Å². The minimum Gasteiger partial charge on any atom is -0.487 e. The summed E-state index contributed by atoms with van der Waals surface area (Å²) in [4.78, 5) is 29.8. The molecule has 3 rings (SSSR count). The molecule has 1 aliphatic rings. The van der Waals surface area contributed by atoms with Crippen LogP contribution in [-0.2, 0) is 11.4 Å². The monoisotopic (exact) mass is 374 g/mol. The van der Waals surface area contributed by atoms with E-state index in [9.17, 15) is 9.59 Å². The van der Waals surface area contributed by atoms with Crippen molar-refractivity contribution < 1.29 is 19.4 Å². The zero-order chi connectivity index (χ0) is 18.4. The molecule has 0 spiro atoms. The van der Waals surface area contributed by atoms with Crippen molar-refractivity contribution in [2.45, 2.75) is 44.8 Å². The van der Waals surface area contributed by atoms with E-state index < -0.39 is 5.97 Å². The van der Waals surface area contributed by atoms with Crippen LogP contribution in [0.25, 0.3) is 0 Å². The third-order valence-electron chi connectivity index (χ3n) is 4.53. The quantitative estimate of drug-likeness (QED) is 0.801. The Morgan fingerprint density at radius 1 is 1.35 bits per heavy atom. The van der Waals surface area contributed by atoms with Gasteiger partial charge in [0.1, 0.15) is 12.4 Å². The van der Waals surface area contributed by atoms with E-state index in [1.54, 1.807) is 23.7 Å². The number of aromatic nitrogens is 1. The van der Waals surface area contributed by atoms with Crippen LogP contribution in [0.3, 0.4) is 0 Å². The fourth-order valence-corrected chi connectivity index (χ4v) is 3.75. The topological polar surface area (TPSA) is 79.7 Å². The van der Waals surface area contributed by atoms with Crippen LogP contribution < -0.4 is 4.74 Å². The van der Waals surface area contributed by atoms with E-state index in [-0.39, 0.29) is 18.4 Å². The lowest BCUT2D eigenvalue weighted by Crippen LogP contribution is -2.44. The van der Waals surface area contributed by atoms with E-state index in [1.807, 2.05) is 16.3 Å². The van der Waals surface area contributed by atoms with Gasteiger partial charge in [0.15, 0.2) is 0 Å². The normalized spacial score (nSPS) is 17.1. The molecule has 2 heterocycles. The van der Waals surface area contributed by atoms with Gasteiger partial charge in [0.2, 0.25) is 0 Å². The van der Waals surface area contributed by atoms with Gasteiger partial charge in [-0.25, -0.2) is 4.98 Å². The third-order valence-corrected chi connectivity index (χ3v) is 5.17. The van der Waals surface area contributed by atoms with Crippen LogP contribution in [0.2, 0.25) is 0 Å². The summed E-state index contributed by atoms with van der Waals surface area (Å²) in [7, 11) is 0. The maximum Gasteiger partial charge on any atom is 0.303 e. The first kappa shape index (κ1) is 18.4. The van der Waals surface area contributed by atoms with Crippen molar-refractivity contribution >= 4 is 23.2 Å². The Morgan fingerprint density at radius 3 is 3.00 bits per heavy atom. The molecule has 0 saturated carbocycles. The summed E-state index contributed by atoms with van der Waals surface area (Å²) < 4.78 is 5.73. The van der Waals surface area contributed by atoms with Crippen molar-refractivity contribution in [3.63, 3.8) is 0 Å². The van der Waals surface area contributed by atoms with Gasteiger partial charge in [0.05, 0.1) is 11.2 Å². The second-order valence-electron chi connectivity index (χ2n) is 6.38. The number of amides is 1. The molecular weight excluding hydrogens is 352 g/mol. The fourth-order valence-electron chi connectivity index (χ4n) is 3.21. The van der Waals surface area contributed by atoms with Crippen molar-refractivity contribution in [1.82, 2.24) is 9.88 Å². The standard InChI is InChI=1S/C19H22N2O4S/c22-18(23)8-7-16-5-1-2-9-21(16)19(24)14-4-3-6-17(10-14)25-11-15-12-26-13-20-15/h3-4,6,10,12-13,16H,1-2,5,7-9,11H2,(H,22,23)/t16-/m0/s1. The summed E-state index contributed by atoms with van der Waals surface area (Å²) in [5.74, 6) is -0.248. The molecule has 1 atom stereocenters. The number of benzene rings is 1. The Bertz CT molecular complexity index is 748. The molecule has 138 valence electrons. The number of carbonyl (C=O) groups is 2. The molecule has 1 N–H and O–H groups in total. The number of hydrogen-bond donors (Lipinski definition) is 1. The first-order chi connectivity index (χ1) is 12.6. The van der Waals surface area contributed by atoms with Gasteiger partial charge < -0.3 is 14.7 Å². The third kappa shape index (κ3) is 4.82. The molecule has 1 aromatic carbocycles. The number of carbonyl (C=O) groups excluding carboxylic acids is 1. The number of thiazole rings is 1. The van der Waals surface area contributed by atoms with E-state index in [4.69, 9.17) is 9.84 Å². The number of piperidine rings is 1. The van der Waals surface area contributed by atoms with E-state index >= 15 is 0 Å². The van der Waals surface area contributed by atoms with Gasteiger partial charge in [0, 0.05) is 30.0 Å². The molecule has 6 nitrogen and oxygen atoms in total. The number of carboxylic acid groups (broad SMARTS) is 1. The number of likely N-dealkylation sites (tertiary alicyclic amines) is 1. The highest BCUT2D eigenvalue weighted by atomic mass is 32.1. The van der Waals surface area contributed by atoms with Crippen LogP contribution in [-0.4, -0.2) is 39.5 Å². The molecule has 7 heteroatoms.